The molecule has 0 fully saturated rings. The van der Waals surface area contributed by atoms with Crippen molar-refractivity contribution in [2.24, 2.45) is 0 Å². The van der Waals surface area contributed by atoms with Crippen LogP contribution < -0.4 is 4.90 Å². The lowest BCUT2D eigenvalue weighted by atomic mass is 9.90. The summed E-state index contributed by atoms with van der Waals surface area (Å²) >= 11 is 0. The number of anilines is 1. The van der Waals surface area contributed by atoms with Crippen molar-refractivity contribution in [3.8, 4) is 34.0 Å². The van der Waals surface area contributed by atoms with E-state index in [0.29, 0.717) is 24.9 Å². The fourth-order valence-electron chi connectivity index (χ4n) is 4.63. The first-order chi connectivity index (χ1) is 16.1. The molecular formula is C27H27N3O3. The average Bonchev–Trinajstić information content (AvgIpc) is 3.32. The summed E-state index contributed by atoms with van der Waals surface area (Å²) < 4.78 is 17.3. The lowest BCUT2D eigenvalue weighted by Gasteiger charge is -2.34. The van der Waals surface area contributed by atoms with Crippen molar-refractivity contribution in [3.05, 3.63) is 77.4 Å². The first kappa shape index (κ1) is 21.4. The Morgan fingerprint density at radius 2 is 1.82 bits per heavy atom. The smallest absolute Gasteiger partial charge is 0.259 e. The molecule has 6 heteroatoms. The van der Waals surface area contributed by atoms with E-state index in [-0.39, 0.29) is 6.23 Å². The van der Waals surface area contributed by atoms with Gasteiger partial charge in [0.25, 0.3) is 5.89 Å². The van der Waals surface area contributed by atoms with Gasteiger partial charge in [-0.2, -0.15) is 4.98 Å². The number of hydrogen-bond donors (Lipinski definition) is 0. The first-order valence-electron chi connectivity index (χ1n) is 11.0. The summed E-state index contributed by atoms with van der Waals surface area (Å²) in [5.74, 6) is 1.09. The molecule has 6 nitrogen and oxygen atoms in total. The number of hydrogen-bond acceptors (Lipinski definition) is 6. The summed E-state index contributed by atoms with van der Waals surface area (Å²) in [6.45, 7) is 5.32. The first-order valence-corrected chi connectivity index (χ1v) is 11.0. The van der Waals surface area contributed by atoms with Gasteiger partial charge in [0.05, 0.1) is 12.2 Å². The lowest BCUT2D eigenvalue weighted by molar-refractivity contribution is 0.112. The van der Waals surface area contributed by atoms with E-state index in [9.17, 15) is 0 Å². The Hall–Kier alpha value is -3.48. The molecule has 0 aliphatic carbocycles. The maximum Gasteiger partial charge on any atom is 0.259 e. The van der Waals surface area contributed by atoms with Gasteiger partial charge >= 0.3 is 0 Å². The van der Waals surface area contributed by atoms with Crippen LogP contribution in [0.1, 0.15) is 23.6 Å². The summed E-state index contributed by atoms with van der Waals surface area (Å²) in [5, 5.41) is 4.31. The zero-order chi connectivity index (χ0) is 22.9. The molecular weight excluding hydrogens is 414 g/mol. The molecule has 0 radical (unpaired) electrons. The minimum Gasteiger partial charge on any atom is -0.380 e. The SMILES string of the molecule is COCc1cc(-c2ccccc2)c2c(C)c1N(C(C)OC)Cc1cccc(c1)-c1noc-2n1. The summed E-state index contributed by atoms with van der Waals surface area (Å²) in [7, 11) is 3.46. The number of rotatable bonds is 5. The van der Waals surface area contributed by atoms with Crippen molar-refractivity contribution in [1.82, 2.24) is 10.1 Å². The van der Waals surface area contributed by atoms with E-state index in [0.717, 1.165) is 44.6 Å². The molecule has 5 rings (SSSR count). The van der Waals surface area contributed by atoms with Crippen LogP contribution in [0.4, 0.5) is 5.69 Å². The minimum atomic E-state index is -0.156. The number of nitrogens with zero attached hydrogens (tertiary/aromatic N) is 3. The van der Waals surface area contributed by atoms with Gasteiger partial charge in [-0.25, -0.2) is 0 Å². The van der Waals surface area contributed by atoms with Crippen LogP contribution >= 0.6 is 0 Å². The van der Waals surface area contributed by atoms with Crippen LogP contribution in [0.2, 0.25) is 0 Å². The lowest BCUT2D eigenvalue weighted by Crippen LogP contribution is -2.35. The van der Waals surface area contributed by atoms with Gasteiger partial charge in [-0.3, -0.25) is 0 Å². The average molecular weight is 442 g/mol. The molecule has 0 amide bonds. The monoisotopic (exact) mass is 441 g/mol. The molecule has 1 aromatic heterocycles. The fourth-order valence-corrected chi connectivity index (χ4v) is 4.63. The highest BCUT2D eigenvalue weighted by Gasteiger charge is 2.28. The van der Waals surface area contributed by atoms with Crippen LogP contribution in [-0.4, -0.2) is 30.6 Å². The summed E-state index contributed by atoms with van der Waals surface area (Å²) in [5.41, 5.74) is 8.32. The number of fused-ring (bicyclic) bond motifs is 8. The molecule has 4 aromatic rings. The third-order valence-electron chi connectivity index (χ3n) is 6.25. The maximum absolute atomic E-state index is 5.85. The Balaban J connectivity index is 1.87. The van der Waals surface area contributed by atoms with Gasteiger partial charge in [0.2, 0.25) is 5.82 Å². The van der Waals surface area contributed by atoms with E-state index in [1.54, 1.807) is 14.2 Å². The molecule has 168 valence electrons. The Bertz CT molecular complexity index is 1280. The number of methoxy groups -OCH3 is 2. The molecule has 6 bridgehead atoms. The Morgan fingerprint density at radius 1 is 1.03 bits per heavy atom. The van der Waals surface area contributed by atoms with Crippen LogP contribution in [0, 0.1) is 6.92 Å². The summed E-state index contributed by atoms with van der Waals surface area (Å²) in [6.07, 6.45) is -0.156. The molecule has 0 N–H and O–H groups in total. The summed E-state index contributed by atoms with van der Waals surface area (Å²) in [4.78, 5) is 7.09. The van der Waals surface area contributed by atoms with Gasteiger partial charge in [-0.1, -0.05) is 53.7 Å². The highest BCUT2D eigenvalue weighted by atomic mass is 16.5. The Kier molecular flexibility index (Phi) is 5.70. The van der Waals surface area contributed by atoms with Crippen LogP contribution in [-0.2, 0) is 22.6 Å². The van der Waals surface area contributed by atoms with Gasteiger partial charge in [0.15, 0.2) is 0 Å². The van der Waals surface area contributed by atoms with Crippen LogP contribution in [0.15, 0.2) is 65.2 Å². The summed E-state index contributed by atoms with van der Waals surface area (Å²) in [6, 6.07) is 20.7. The standard InChI is InChI=1S/C27H27N3O3/c1-17-24-23(20-10-6-5-7-11-20)14-22(16-31-3)25(17)30(18(2)32-4)15-19-9-8-12-21(13-19)26-28-27(24)33-29-26/h5-14,18H,15-16H2,1-4H3. The second-order valence-corrected chi connectivity index (χ2v) is 8.32. The van der Waals surface area contributed by atoms with Crippen molar-refractivity contribution in [1.29, 1.82) is 0 Å². The molecule has 0 saturated carbocycles. The largest absolute Gasteiger partial charge is 0.380 e. The predicted octanol–water partition coefficient (Wildman–Crippen LogP) is 5.84. The Labute approximate surface area is 193 Å². The molecule has 0 saturated heterocycles. The van der Waals surface area contributed by atoms with Crippen molar-refractivity contribution >= 4 is 5.69 Å². The highest BCUT2D eigenvalue weighted by Crippen LogP contribution is 2.43. The third kappa shape index (κ3) is 3.81. The molecule has 1 atom stereocenters. The van der Waals surface area contributed by atoms with Gasteiger partial charge in [0, 0.05) is 37.6 Å². The molecule has 1 aliphatic heterocycles. The van der Waals surface area contributed by atoms with Gasteiger partial charge in [0.1, 0.15) is 6.23 Å². The van der Waals surface area contributed by atoms with Crippen molar-refractivity contribution in [2.75, 3.05) is 19.1 Å². The fraction of sp³-hybridized carbons (Fsp3) is 0.259. The molecule has 1 unspecified atom stereocenters. The van der Waals surface area contributed by atoms with Crippen LogP contribution in [0.25, 0.3) is 34.0 Å². The maximum atomic E-state index is 5.85. The zero-order valence-corrected chi connectivity index (χ0v) is 19.3. The van der Waals surface area contributed by atoms with Gasteiger partial charge in [-0.05, 0) is 48.2 Å². The molecule has 1 aliphatic rings. The van der Waals surface area contributed by atoms with Crippen molar-refractivity contribution in [2.45, 2.75) is 33.2 Å². The highest BCUT2D eigenvalue weighted by molar-refractivity contribution is 5.88. The van der Waals surface area contributed by atoms with Crippen LogP contribution in [0.3, 0.4) is 0 Å². The number of aromatic nitrogens is 2. The normalized spacial score (nSPS) is 13.5. The van der Waals surface area contributed by atoms with E-state index >= 15 is 0 Å². The van der Waals surface area contributed by atoms with E-state index in [2.05, 4.69) is 54.2 Å². The Morgan fingerprint density at radius 3 is 2.58 bits per heavy atom. The second-order valence-electron chi connectivity index (χ2n) is 8.32. The van der Waals surface area contributed by atoms with E-state index in [1.807, 2.05) is 30.3 Å². The molecule has 33 heavy (non-hydrogen) atoms. The van der Waals surface area contributed by atoms with Crippen molar-refractivity contribution in [3.63, 3.8) is 0 Å². The van der Waals surface area contributed by atoms with Crippen molar-refractivity contribution < 1.29 is 14.0 Å². The van der Waals surface area contributed by atoms with E-state index < -0.39 is 0 Å². The number of benzene rings is 3. The molecule has 3 aromatic carbocycles. The van der Waals surface area contributed by atoms with Gasteiger partial charge in [-0.15, -0.1) is 0 Å². The van der Waals surface area contributed by atoms with Crippen LogP contribution in [0.5, 0.6) is 0 Å². The quantitative estimate of drug-likeness (QED) is 0.388. The minimum absolute atomic E-state index is 0.156. The third-order valence-corrected chi connectivity index (χ3v) is 6.25. The molecule has 2 heterocycles. The zero-order valence-electron chi connectivity index (χ0n) is 19.3. The topological polar surface area (TPSA) is 60.6 Å². The van der Waals surface area contributed by atoms with E-state index in [1.165, 1.54) is 0 Å². The predicted molar refractivity (Wildman–Crippen MR) is 129 cm³/mol. The molecule has 0 spiro atoms. The second kappa shape index (κ2) is 8.81. The number of ether oxygens (including phenoxy) is 2. The van der Waals surface area contributed by atoms with Gasteiger partial charge < -0.3 is 18.9 Å². The van der Waals surface area contributed by atoms with E-state index in [4.69, 9.17) is 19.0 Å².